The van der Waals surface area contributed by atoms with E-state index in [4.69, 9.17) is 9.47 Å². The first kappa shape index (κ1) is 18.7. The van der Waals surface area contributed by atoms with Crippen LogP contribution in [0.2, 0.25) is 0 Å². The van der Waals surface area contributed by atoms with Gasteiger partial charge < -0.3 is 14.4 Å². The fourth-order valence-electron chi connectivity index (χ4n) is 4.33. The maximum atomic E-state index is 14.1. The lowest BCUT2D eigenvalue weighted by Crippen LogP contribution is -2.48. The molecule has 0 radical (unpaired) electrons. The van der Waals surface area contributed by atoms with E-state index in [0.29, 0.717) is 11.4 Å². The summed E-state index contributed by atoms with van der Waals surface area (Å²) in [6.45, 7) is 5.25. The summed E-state index contributed by atoms with van der Waals surface area (Å²) in [5.41, 5.74) is 1.45. The third kappa shape index (κ3) is 3.53. The third-order valence-corrected chi connectivity index (χ3v) is 5.62. The van der Waals surface area contributed by atoms with E-state index in [0.717, 1.165) is 31.2 Å². The molecule has 2 fully saturated rings. The van der Waals surface area contributed by atoms with Crippen LogP contribution in [0, 0.1) is 19.7 Å². The van der Waals surface area contributed by atoms with Crippen LogP contribution in [-0.4, -0.2) is 39.0 Å². The second-order valence-corrected chi connectivity index (χ2v) is 7.67. The van der Waals surface area contributed by atoms with Crippen LogP contribution in [0.25, 0.3) is 0 Å². The highest BCUT2D eigenvalue weighted by molar-refractivity contribution is 5.74. The molecule has 28 heavy (non-hydrogen) atoms. The quantitative estimate of drug-likeness (QED) is 0.797. The first-order chi connectivity index (χ1) is 13.4. The summed E-state index contributed by atoms with van der Waals surface area (Å²) in [6.07, 6.45) is 4.99. The molecule has 4 rings (SSSR count). The number of rotatable bonds is 4. The first-order valence-electron chi connectivity index (χ1n) is 9.63. The fourth-order valence-corrected chi connectivity index (χ4v) is 4.33. The van der Waals surface area contributed by atoms with E-state index in [9.17, 15) is 9.18 Å². The number of aryl methyl sites for hydroxylation is 1. The minimum absolute atomic E-state index is 0.00865. The molecule has 1 aromatic carbocycles. The van der Waals surface area contributed by atoms with Gasteiger partial charge >= 0.3 is 0 Å². The van der Waals surface area contributed by atoms with E-state index in [1.54, 1.807) is 26.0 Å². The van der Waals surface area contributed by atoms with E-state index < -0.39 is 5.82 Å². The molecule has 6 nitrogen and oxygen atoms in total. The summed E-state index contributed by atoms with van der Waals surface area (Å²) in [5, 5.41) is 0. The Morgan fingerprint density at radius 1 is 1.14 bits per heavy atom. The number of hydrogen-bond donors (Lipinski definition) is 0. The zero-order valence-corrected chi connectivity index (χ0v) is 16.3. The highest BCUT2D eigenvalue weighted by Crippen LogP contribution is 2.38. The monoisotopic (exact) mass is 385 g/mol. The topological polar surface area (TPSA) is 64.6 Å². The number of halogens is 1. The van der Waals surface area contributed by atoms with Crippen LogP contribution in [0.15, 0.2) is 24.5 Å². The van der Waals surface area contributed by atoms with Gasteiger partial charge in [-0.05, 0) is 44.4 Å². The van der Waals surface area contributed by atoms with Gasteiger partial charge in [-0.25, -0.2) is 14.4 Å². The fraction of sp³-hybridized carbons (Fsp3) is 0.476. The maximum Gasteiger partial charge on any atom is 0.229 e. The first-order valence-corrected chi connectivity index (χ1v) is 9.63. The molecule has 2 saturated heterocycles. The van der Waals surface area contributed by atoms with Crippen LogP contribution < -0.4 is 9.47 Å². The van der Waals surface area contributed by atoms with Crippen LogP contribution in [0.1, 0.15) is 43.7 Å². The van der Waals surface area contributed by atoms with Gasteiger partial charge in [0.2, 0.25) is 17.7 Å². The lowest BCUT2D eigenvalue weighted by molar-refractivity contribution is -0.134. The van der Waals surface area contributed by atoms with Crippen molar-refractivity contribution in [2.75, 3.05) is 0 Å². The highest BCUT2D eigenvalue weighted by Gasteiger charge is 2.43. The molecule has 2 aliphatic heterocycles. The normalized spacial score (nSPS) is 23.6. The van der Waals surface area contributed by atoms with Crippen molar-refractivity contribution >= 4 is 5.91 Å². The average molecular weight is 385 g/mol. The van der Waals surface area contributed by atoms with Crippen molar-refractivity contribution in [1.29, 1.82) is 0 Å². The summed E-state index contributed by atoms with van der Waals surface area (Å²) in [7, 11) is 0. The summed E-state index contributed by atoms with van der Waals surface area (Å²) in [6, 6.07) is 5.26. The Morgan fingerprint density at radius 2 is 1.82 bits per heavy atom. The van der Waals surface area contributed by atoms with Crippen molar-refractivity contribution in [2.45, 2.75) is 64.6 Å². The minimum Gasteiger partial charge on any atom is -0.474 e. The van der Waals surface area contributed by atoms with E-state index >= 15 is 0 Å². The second-order valence-electron chi connectivity index (χ2n) is 7.67. The predicted molar refractivity (Wildman–Crippen MR) is 101 cm³/mol. The Bertz CT molecular complexity index is 890. The number of fused-ring (bicyclic) bond motifs is 2. The molecule has 1 unspecified atom stereocenters. The van der Waals surface area contributed by atoms with E-state index in [2.05, 4.69) is 9.97 Å². The number of carbonyl (C=O) groups excluding carboxylic acids is 1. The number of ether oxygens (including phenoxy) is 2. The molecule has 2 aliphatic rings. The standard InChI is InChI=1S/C21H24FN3O3/c1-12-4-7-19(18(22)8-12)28-21-13(2)20(23-11-24-21)27-17-9-15-5-6-16(10-17)25(15)14(3)26/h4,7-8,11,15-17H,5-6,9-10H2,1-3H3/t15-,16?,17+/m0/s1. The Morgan fingerprint density at radius 3 is 2.46 bits per heavy atom. The van der Waals surface area contributed by atoms with Crippen LogP contribution >= 0.6 is 0 Å². The molecule has 3 atom stereocenters. The molecule has 2 bridgehead atoms. The molecule has 0 spiro atoms. The molecule has 7 heteroatoms. The van der Waals surface area contributed by atoms with E-state index in [1.165, 1.54) is 12.4 Å². The van der Waals surface area contributed by atoms with Gasteiger partial charge in [-0.2, -0.15) is 0 Å². The molecular formula is C21H24FN3O3. The molecule has 0 saturated carbocycles. The van der Waals surface area contributed by atoms with Gasteiger partial charge in [-0.1, -0.05) is 6.07 Å². The molecule has 0 aliphatic carbocycles. The van der Waals surface area contributed by atoms with Crippen molar-refractivity contribution in [3.63, 3.8) is 0 Å². The zero-order valence-electron chi connectivity index (χ0n) is 16.3. The highest BCUT2D eigenvalue weighted by atomic mass is 19.1. The van der Waals surface area contributed by atoms with Crippen molar-refractivity contribution in [1.82, 2.24) is 14.9 Å². The van der Waals surface area contributed by atoms with Gasteiger partial charge in [0.1, 0.15) is 12.4 Å². The van der Waals surface area contributed by atoms with Crippen molar-refractivity contribution in [3.8, 4) is 17.5 Å². The lowest BCUT2D eigenvalue weighted by Gasteiger charge is -2.38. The molecule has 2 aromatic rings. The van der Waals surface area contributed by atoms with Crippen LogP contribution in [0.4, 0.5) is 4.39 Å². The van der Waals surface area contributed by atoms with Gasteiger partial charge in [-0.3, -0.25) is 4.79 Å². The third-order valence-electron chi connectivity index (χ3n) is 5.62. The number of aromatic nitrogens is 2. The Labute approximate surface area is 163 Å². The van der Waals surface area contributed by atoms with Gasteiger partial charge in [-0.15, -0.1) is 0 Å². The maximum absolute atomic E-state index is 14.1. The molecular weight excluding hydrogens is 361 g/mol. The summed E-state index contributed by atoms with van der Waals surface area (Å²) < 4.78 is 25.9. The number of benzene rings is 1. The number of hydrogen-bond acceptors (Lipinski definition) is 5. The van der Waals surface area contributed by atoms with Crippen molar-refractivity contribution < 1.29 is 18.7 Å². The summed E-state index contributed by atoms with van der Waals surface area (Å²) in [5.74, 6) is 0.537. The van der Waals surface area contributed by atoms with Gasteiger partial charge in [0.25, 0.3) is 0 Å². The van der Waals surface area contributed by atoms with Gasteiger partial charge in [0.05, 0.1) is 5.56 Å². The number of carbonyl (C=O) groups is 1. The molecule has 0 N–H and O–H groups in total. The van der Waals surface area contributed by atoms with Crippen LogP contribution in [-0.2, 0) is 4.79 Å². The van der Waals surface area contributed by atoms with Crippen molar-refractivity contribution in [2.24, 2.45) is 0 Å². The average Bonchev–Trinajstić information content (AvgIpc) is 2.92. The Balaban J connectivity index is 1.49. The molecule has 1 aromatic heterocycles. The minimum atomic E-state index is -0.436. The van der Waals surface area contributed by atoms with Crippen LogP contribution in [0.5, 0.6) is 17.5 Å². The summed E-state index contributed by atoms with van der Waals surface area (Å²) in [4.78, 5) is 22.2. The van der Waals surface area contributed by atoms with E-state index in [1.807, 2.05) is 11.8 Å². The van der Waals surface area contributed by atoms with Gasteiger partial charge in [0, 0.05) is 31.8 Å². The Hall–Kier alpha value is -2.70. The number of piperidine rings is 1. The van der Waals surface area contributed by atoms with E-state index in [-0.39, 0.29) is 35.7 Å². The SMILES string of the molecule is CC(=O)N1C2CC[C@H]1C[C@@H](Oc1ncnc(Oc3ccc(C)cc3F)c1C)C2. The van der Waals surface area contributed by atoms with Gasteiger partial charge in [0.15, 0.2) is 11.6 Å². The zero-order chi connectivity index (χ0) is 19.8. The molecule has 1 amide bonds. The Kier molecular flexibility index (Phi) is 4.91. The lowest BCUT2D eigenvalue weighted by atomic mass is 9.99. The smallest absolute Gasteiger partial charge is 0.229 e. The number of amides is 1. The number of nitrogens with zero attached hydrogens (tertiary/aromatic N) is 3. The summed E-state index contributed by atoms with van der Waals surface area (Å²) >= 11 is 0. The largest absolute Gasteiger partial charge is 0.474 e. The van der Waals surface area contributed by atoms with Crippen molar-refractivity contribution in [3.05, 3.63) is 41.5 Å². The molecule has 148 valence electrons. The van der Waals surface area contributed by atoms with Crippen LogP contribution in [0.3, 0.4) is 0 Å². The second kappa shape index (κ2) is 7.37. The molecule has 3 heterocycles. The predicted octanol–water partition coefficient (Wildman–Crippen LogP) is 3.95.